The first-order valence-electron chi connectivity index (χ1n) is 8.38. The molecule has 2 rings (SSSR count). The number of carbonyl (C=O) groups excluding carboxylic acids is 2. The molecule has 0 spiro atoms. The first-order valence-corrected chi connectivity index (χ1v) is 8.38. The molecule has 0 aromatic heterocycles. The molecule has 1 aromatic rings. The molecule has 5 nitrogen and oxygen atoms in total. The van der Waals surface area contributed by atoms with E-state index in [1.807, 2.05) is 19.9 Å². The van der Waals surface area contributed by atoms with Crippen molar-refractivity contribution < 1.29 is 14.3 Å². The lowest BCUT2D eigenvalue weighted by molar-refractivity contribution is -0.130. The predicted molar refractivity (Wildman–Crippen MR) is 90.4 cm³/mol. The fraction of sp³-hybridized carbons (Fsp3) is 0.526. The number of nitrogens with zero attached hydrogens (tertiary/aromatic N) is 1. The van der Waals surface area contributed by atoms with Crippen LogP contribution in [0.4, 0.5) is 0 Å². The van der Waals surface area contributed by atoms with E-state index in [-0.39, 0.29) is 0 Å². The number of rotatable bonds is 4. The van der Waals surface area contributed by atoms with Crippen molar-refractivity contribution in [3.63, 3.8) is 0 Å². The van der Waals surface area contributed by atoms with Crippen LogP contribution in [0.1, 0.15) is 60.5 Å². The number of hydrogen-bond acceptors (Lipinski definition) is 4. The van der Waals surface area contributed by atoms with Gasteiger partial charge in [-0.2, -0.15) is 5.26 Å². The van der Waals surface area contributed by atoms with Crippen molar-refractivity contribution in [1.29, 1.82) is 5.26 Å². The predicted octanol–water partition coefficient (Wildman–Crippen LogP) is 3.19. The first-order chi connectivity index (χ1) is 11.3. The average molecular weight is 328 g/mol. The van der Waals surface area contributed by atoms with Crippen LogP contribution in [0.5, 0.6) is 0 Å². The maximum absolute atomic E-state index is 12.3. The Balaban J connectivity index is 2.00. The van der Waals surface area contributed by atoms with Crippen LogP contribution < -0.4 is 5.32 Å². The lowest BCUT2D eigenvalue weighted by Crippen LogP contribution is -2.52. The number of nitrogens with one attached hydrogen (secondary N) is 1. The number of nitriles is 1. The highest BCUT2D eigenvalue weighted by molar-refractivity contribution is 5.92. The molecular weight excluding hydrogens is 304 g/mol. The molecule has 1 saturated carbocycles. The highest BCUT2D eigenvalue weighted by Gasteiger charge is 2.35. The molecule has 1 N–H and O–H groups in total. The van der Waals surface area contributed by atoms with Crippen molar-refractivity contribution in [2.75, 3.05) is 0 Å². The van der Waals surface area contributed by atoms with E-state index in [0.717, 1.165) is 30.4 Å². The van der Waals surface area contributed by atoms with Gasteiger partial charge in [0.2, 0.25) is 0 Å². The monoisotopic (exact) mass is 328 g/mol. The van der Waals surface area contributed by atoms with Crippen molar-refractivity contribution in [2.24, 2.45) is 0 Å². The normalized spacial score (nSPS) is 17.4. The summed E-state index contributed by atoms with van der Waals surface area (Å²) in [4.78, 5) is 24.6. The van der Waals surface area contributed by atoms with E-state index in [1.54, 1.807) is 12.1 Å². The molecule has 0 heterocycles. The summed E-state index contributed by atoms with van der Waals surface area (Å²) >= 11 is 0. The first kappa shape index (κ1) is 18.0. The van der Waals surface area contributed by atoms with E-state index in [4.69, 9.17) is 4.74 Å². The molecule has 0 saturated heterocycles. The van der Waals surface area contributed by atoms with Gasteiger partial charge in [-0.25, -0.2) is 4.79 Å². The molecular formula is C19H24N2O3. The molecule has 0 aliphatic heterocycles. The number of esters is 1. The van der Waals surface area contributed by atoms with Gasteiger partial charge in [0, 0.05) is 0 Å². The van der Waals surface area contributed by atoms with Crippen molar-refractivity contribution >= 4 is 11.9 Å². The largest absolute Gasteiger partial charge is 0.449 e. The second kappa shape index (κ2) is 7.48. The Morgan fingerprint density at radius 3 is 2.29 bits per heavy atom. The molecule has 1 amide bonds. The summed E-state index contributed by atoms with van der Waals surface area (Å²) in [7, 11) is 0. The Morgan fingerprint density at radius 2 is 1.75 bits per heavy atom. The fourth-order valence-electron chi connectivity index (χ4n) is 3.13. The van der Waals surface area contributed by atoms with E-state index in [1.165, 1.54) is 6.92 Å². The third-order valence-electron chi connectivity index (χ3n) is 4.39. The number of carbonyl (C=O) groups is 2. The summed E-state index contributed by atoms with van der Waals surface area (Å²) in [5.41, 5.74) is 1.53. The van der Waals surface area contributed by atoms with Crippen molar-refractivity contribution in [3.8, 4) is 6.07 Å². The highest BCUT2D eigenvalue weighted by atomic mass is 16.5. The Bertz CT molecular complexity index is 649. The molecule has 0 bridgehead atoms. The Hall–Kier alpha value is -2.35. The highest BCUT2D eigenvalue weighted by Crippen LogP contribution is 2.27. The summed E-state index contributed by atoms with van der Waals surface area (Å²) in [5.74, 6) is -0.949. The van der Waals surface area contributed by atoms with Crippen molar-refractivity contribution in [2.45, 2.75) is 64.5 Å². The fourth-order valence-corrected chi connectivity index (χ4v) is 3.13. The van der Waals surface area contributed by atoms with Crippen LogP contribution >= 0.6 is 0 Å². The summed E-state index contributed by atoms with van der Waals surface area (Å²) in [6.07, 6.45) is 3.27. The third-order valence-corrected chi connectivity index (χ3v) is 4.39. The zero-order valence-electron chi connectivity index (χ0n) is 14.5. The van der Waals surface area contributed by atoms with E-state index in [2.05, 4.69) is 11.4 Å². The molecule has 128 valence electrons. The van der Waals surface area contributed by atoms with Gasteiger partial charge in [-0.15, -0.1) is 0 Å². The van der Waals surface area contributed by atoms with Gasteiger partial charge < -0.3 is 10.1 Å². The smallest absolute Gasteiger partial charge is 0.338 e. The van der Waals surface area contributed by atoms with E-state index in [0.29, 0.717) is 18.4 Å². The molecule has 1 aliphatic carbocycles. The van der Waals surface area contributed by atoms with Crippen LogP contribution in [-0.2, 0) is 9.53 Å². The second-order valence-electron chi connectivity index (χ2n) is 6.67. The lowest BCUT2D eigenvalue weighted by atomic mass is 9.83. The minimum Gasteiger partial charge on any atom is -0.449 e. The number of ether oxygens (including phenoxy) is 1. The van der Waals surface area contributed by atoms with Crippen LogP contribution in [-0.4, -0.2) is 23.5 Å². The standard InChI is InChI=1S/C19H24N2O3/c1-13-9-14(2)11-16(10-13)18(23)24-15(3)17(22)21-19(12-20)7-5-4-6-8-19/h9-11,15H,4-8H2,1-3H3,(H,21,22)/t15-/m0/s1. The number of benzene rings is 1. The zero-order chi connectivity index (χ0) is 17.7. The molecule has 1 fully saturated rings. The Labute approximate surface area is 143 Å². The molecule has 0 unspecified atom stereocenters. The van der Waals surface area contributed by atoms with Gasteiger partial charge in [0.1, 0.15) is 5.54 Å². The van der Waals surface area contributed by atoms with Crippen LogP contribution in [0.15, 0.2) is 18.2 Å². The van der Waals surface area contributed by atoms with Gasteiger partial charge in [-0.3, -0.25) is 4.79 Å². The van der Waals surface area contributed by atoms with Gasteiger partial charge in [0.25, 0.3) is 5.91 Å². The summed E-state index contributed by atoms with van der Waals surface area (Å²) < 4.78 is 5.28. The molecule has 5 heteroatoms. The van der Waals surface area contributed by atoms with Gasteiger partial charge in [0.15, 0.2) is 6.10 Å². The van der Waals surface area contributed by atoms with Gasteiger partial charge >= 0.3 is 5.97 Å². The van der Waals surface area contributed by atoms with E-state index < -0.39 is 23.5 Å². The van der Waals surface area contributed by atoms with Gasteiger partial charge in [0.05, 0.1) is 11.6 Å². The van der Waals surface area contributed by atoms with Gasteiger partial charge in [-0.05, 0) is 45.7 Å². The van der Waals surface area contributed by atoms with Crippen LogP contribution in [0.3, 0.4) is 0 Å². The average Bonchev–Trinajstić information content (AvgIpc) is 2.54. The molecule has 1 aromatic carbocycles. The number of amides is 1. The number of hydrogen-bond donors (Lipinski definition) is 1. The number of aryl methyl sites for hydroxylation is 2. The Kier molecular flexibility index (Phi) is 5.61. The molecule has 0 radical (unpaired) electrons. The maximum Gasteiger partial charge on any atom is 0.338 e. The van der Waals surface area contributed by atoms with Gasteiger partial charge in [-0.1, -0.05) is 36.5 Å². The molecule has 1 aliphatic rings. The zero-order valence-corrected chi connectivity index (χ0v) is 14.5. The maximum atomic E-state index is 12.3. The lowest BCUT2D eigenvalue weighted by Gasteiger charge is -2.32. The minimum absolute atomic E-state index is 0.420. The Morgan fingerprint density at radius 1 is 1.17 bits per heavy atom. The van der Waals surface area contributed by atoms with E-state index in [9.17, 15) is 14.9 Å². The van der Waals surface area contributed by atoms with E-state index >= 15 is 0 Å². The second-order valence-corrected chi connectivity index (χ2v) is 6.67. The van der Waals surface area contributed by atoms with Crippen LogP contribution in [0.2, 0.25) is 0 Å². The quantitative estimate of drug-likeness (QED) is 0.861. The molecule has 24 heavy (non-hydrogen) atoms. The summed E-state index contributed by atoms with van der Waals surface area (Å²) in [6.45, 7) is 5.34. The van der Waals surface area contributed by atoms with Crippen LogP contribution in [0.25, 0.3) is 0 Å². The summed E-state index contributed by atoms with van der Waals surface area (Å²) in [6, 6.07) is 7.66. The topological polar surface area (TPSA) is 79.2 Å². The van der Waals surface area contributed by atoms with Crippen molar-refractivity contribution in [3.05, 3.63) is 34.9 Å². The van der Waals surface area contributed by atoms with Crippen LogP contribution in [0, 0.1) is 25.2 Å². The minimum atomic E-state index is -0.939. The van der Waals surface area contributed by atoms with Crippen molar-refractivity contribution in [1.82, 2.24) is 5.32 Å². The summed E-state index contributed by atoms with van der Waals surface area (Å²) in [5, 5.41) is 12.2. The molecule has 1 atom stereocenters. The SMILES string of the molecule is Cc1cc(C)cc(C(=O)O[C@@H](C)C(=O)NC2(C#N)CCCCC2)c1. The third kappa shape index (κ3) is 4.35.